The van der Waals surface area contributed by atoms with Crippen LogP contribution in [0, 0.1) is 12.8 Å². The second-order valence-electron chi connectivity index (χ2n) is 6.22. The summed E-state index contributed by atoms with van der Waals surface area (Å²) in [5.74, 6) is 0.857. The lowest BCUT2D eigenvalue weighted by Crippen LogP contribution is -2.43. The fourth-order valence-electron chi connectivity index (χ4n) is 3.06. The van der Waals surface area contributed by atoms with Crippen molar-refractivity contribution in [1.82, 2.24) is 20.4 Å². The number of carbonyl (C=O) groups is 2. The molecule has 1 aromatic heterocycles. The highest BCUT2D eigenvalue weighted by Gasteiger charge is 2.28. The van der Waals surface area contributed by atoms with Crippen molar-refractivity contribution in [3.8, 4) is 0 Å². The van der Waals surface area contributed by atoms with Crippen LogP contribution in [0.3, 0.4) is 0 Å². The zero-order valence-electron chi connectivity index (χ0n) is 14.9. The van der Waals surface area contributed by atoms with Gasteiger partial charge in [0.1, 0.15) is 0 Å². The molecule has 1 aliphatic rings. The number of hydrogen-bond acceptors (Lipinski definition) is 6. The van der Waals surface area contributed by atoms with Crippen LogP contribution in [0.1, 0.15) is 34.9 Å². The molecule has 0 bridgehead atoms. The molecule has 1 aromatic carbocycles. The van der Waals surface area contributed by atoms with Crippen LogP contribution in [-0.2, 0) is 11.3 Å². The smallest absolute Gasteiger partial charge is 0.254 e. The molecule has 1 N–H and O–H groups in total. The molecular formula is C18H22N4O3S. The van der Waals surface area contributed by atoms with E-state index in [4.69, 9.17) is 4.52 Å². The van der Waals surface area contributed by atoms with Gasteiger partial charge >= 0.3 is 0 Å². The second kappa shape index (κ2) is 8.35. The van der Waals surface area contributed by atoms with Gasteiger partial charge in [-0.05, 0) is 38.2 Å². The minimum absolute atomic E-state index is 0.0301. The van der Waals surface area contributed by atoms with E-state index in [2.05, 4.69) is 15.5 Å². The average molecular weight is 374 g/mol. The predicted molar refractivity (Wildman–Crippen MR) is 97.7 cm³/mol. The number of likely N-dealkylation sites (tertiary alicyclic amines) is 1. The van der Waals surface area contributed by atoms with E-state index in [9.17, 15) is 9.59 Å². The zero-order valence-corrected chi connectivity index (χ0v) is 15.7. The van der Waals surface area contributed by atoms with Crippen LogP contribution in [-0.4, -0.2) is 46.2 Å². The van der Waals surface area contributed by atoms with Crippen molar-refractivity contribution in [2.45, 2.75) is 31.2 Å². The summed E-state index contributed by atoms with van der Waals surface area (Å²) in [5.41, 5.74) is 0.731. The third-order valence-corrected chi connectivity index (χ3v) is 5.27. The third-order valence-electron chi connectivity index (χ3n) is 4.47. The largest absolute Gasteiger partial charge is 0.347 e. The summed E-state index contributed by atoms with van der Waals surface area (Å²) in [5, 5.41) is 6.53. The topological polar surface area (TPSA) is 88.3 Å². The van der Waals surface area contributed by atoms with Gasteiger partial charge in [-0.2, -0.15) is 4.98 Å². The van der Waals surface area contributed by atoms with Crippen LogP contribution < -0.4 is 5.32 Å². The van der Waals surface area contributed by atoms with E-state index in [0.717, 1.165) is 10.5 Å². The first-order chi connectivity index (χ1) is 12.6. The molecule has 1 saturated heterocycles. The van der Waals surface area contributed by atoms with Gasteiger partial charge in [0, 0.05) is 23.9 Å². The minimum Gasteiger partial charge on any atom is -0.347 e. The molecule has 2 aromatic rings. The summed E-state index contributed by atoms with van der Waals surface area (Å²) in [6.07, 6.45) is 3.28. The molecule has 26 heavy (non-hydrogen) atoms. The molecule has 2 amide bonds. The first kappa shape index (κ1) is 18.4. The predicted octanol–water partition coefficient (Wildman–Crippen LogP) is 2.27. The summed E-state index contributed by atoms with van der Waals surface area (Å²) in [6.45, 7) is 3.13. The van der Waals surface area contributed by atoms with Gasteiger partial charge in [-0.1, -0.05) is 17.3 Å². The van der Waals surface area contributed by atoms with Crippen LogP contribution in [0.4, 0.5) is 0 Å². The van der Waals surface area contributed by atoms with Crippen molar-refractivity contribution in [1.29, 1.82) is 0 Å². The minimum atomic E-state index is -0.0983. The van der Waals surface area contributed by atoms with Gasteiger partial charge in [-0.3, -0.25) is 9.59 Å². The van der Waals surface area contributed by atoms with Crippen molar-refractivity contribution >= 4 is 23.6 Å². The molecule has 7 nitrogen and oxygen atoms in total. The lowest BCUT2D eigenvalue weighted by Gasteiger charge is -2.31. The maximum absolute atomic E-state index is 12.8. The lowest BCUT2D eigenvalue weighted by molar-refractivity contribution is -0.126. The van der Waals surface area contributed by atoms with Gasteiger partial charge in [0.15, 0.2) is 5.82 Å². The lowest BCUT2D eigenvalue weighted by atomic mass is 9.95. The van der Waals surface area contributed by atoms with Crippen LogP contribution in [0.2, 0.25) is 0 Å². The summed E-state index contributed by atoms with van der Waals surface area (Å²) >= 11 is 1.57. The van der Waals surface area contributed by atoms with Gasteiger partial charge in [-0.15, -0.1) is 11.8 Å². The van der Waals surface area contributed by atoms with Crippen LogP contribution >= 0.6 is 11.8 Å². The Labute approximate surface area is 156 Å². The summed E-state index contributed by atoms with van der Waals surface area (Å²) in [6, 6.07) is 7.63. The number of nitrogens with zero attached hydrogens (tertiary/aromatic N) is 3. The van der Waals surface area contributed by atoms with E-state index in [0.29, 0.717) is 37.6 Å². The number of amides is 2. The molecule has 0 unspecified atom stereocenters. The maximum Gasteiger partial charge on any atom is 0.254 e. The highest BCUT2D eigenvalue weighted by Crippen LogP contribution is 2.24. The fourth-order valence-corrected chi connectivity index (χ4v) is 3.65. The van der Waals surface area contributed by atoms with Crippen molar-refractivity contribution in [2.24, 2.45) is 5.92 Å². The van der Waals surface area contributed by atoms with Crippen LogP contribution in [0.15, 0.2) is 33.7 Å². The van der Waals surface area contributed by atoms with E-state index in [1.165, 1.54) is 0 Å². The molecule has 0 spiro atoms. The zero-order chi connectivity index (χ0) is 18.5. The van der Waals surface area contributed by atoms with Crippen molar-refractivity contribution in [3.05, 3.63) is 41.5 Å². The number of aromatic nitrogens is 2. The monoisotopic (exact) mass is 374 g/mol. The SMILES string of the molecule is CSc1ccccc1C(=O)N1CCC(C(=O)NCc2nc(C)no2)CC1. The highest BCUT2D eigenvalue weighted by atomic mass is 32.2. The van der Waals surface area contributed by atoms with Crippen molar-refractivity contribution in [3.63, 3.8) is 0 Å². The number of rotatable bonds is 5. The number of piperidine rings is 1. The van der Waals surface area contributed by atoms with Crippen LogP contribution in [0.25, 0.3) is 0 Å². The first-order valence-corrected chi connectivity index (χ1v) is 9.80. The molecule has 8 heteroatoms. The van der Waals surface area contributed by atoms with Gasteiger partial charge in [0.25, 0.3) is 5.91 Å². The Balaban J connectivity index is 1.52. The number of hydrogen-bond donors (Lipinski definition) is 1. The molecule has 1 fully saturated rings. The third kappa shape index (κ3) is 4.24. The van der Waals surface area contributed by atoms with E-state index in [1.54, 1.807) is 18.7 Å². The number of carbonyl (C=O) groups excluding carboxylic acids is 2. The Hall–Kier alpha value is -2.35. The van der Waals surface area contributed by atoms with Crippen molar-refractivity contribution < 1.29 is 14.1 Å². The molecule has 0 aliphatic carbocycles. The van der Waals surface area contributed by atoms with Gasteiger partial charge in [0.2, 0.25) is 11.8 Å². The fraction of sp³-hybridized carbons (Fsp3) is 0.444. The quantitative estimate of drug-likeness (QED) is 0.808. The van der Waals surface area contributed by atoms with E-state index in [-0.39, 0.29) is 24.3 Å². The highest BCUT2D eigenvalue weighted by molar-refractivity contribution is 7.98. The summed E-state index contributed by atoms with van der Waals surface area (Å²) < 4.78 is 4.99. The van der Waals surface area contributed by atoms with Gasteiger partial charge in [-0.25, -0.2) is 0 Å². The van der Waals surface area contributed by atoms with Crippen molar-refractivity contribution in [2.75, 3.05) is 19.3 Å². The normalized spacial score (nSPS) is 15.1. The van der Waals surface area contributed by atoms with E-state index in [1.807, 2.05) is 35.4 Å². The summed E-state index contributed by atoms with van der Waals surface area (Å²) in [4.78, 5) is 31.9. The Morgan fingerprint density at radius 2 is 2.04 bits per heavy atom. The number of aryl methyl sites for hydroxylation is 1. The molecule has 138 valence electrons. The Morgan fingerprint density at radius 1 is 1.31 bits per heavy atom. The first-order valence-electron chi connectivity index (χ1n) is 8.57. The van der Waals surface area contributed by atoms with E-state index >= 15 is 0 Å². The Morgan fingerprint density at radius 3 is 2.69 bits per heavy atom. The standard InChI is InChI=1S/C18H22N4O3S/c1-12-20-16(25-21-12)11-19-17(23)13-7-9-22(10-8-13)18(24)14-5-3-4-6-15(14)26-2/h3-6,13H,7-11H2,1-2H3,(H,19,23). The van der Waals surface area contributed by atoms with Crippen LogP contribution in [0.5, 0.6) is 0 Å². The number of nitrogens with one attached hydrogen (secondary N) is 1. The van der Waals surface area contributed by atoms with Gasteiger partial charge < -0.3 is 14.7 Å². The molecule has 0 atom stereocenters. The van der Waals surface area contributed by atoms with E-state index < -0.39 is 0 Å². The number of thioether (sulfide) groups is 1. The number of benzene rings is 1. The molecular weight excluding hydrogens is 352 g/mol. The summed E-state index contributed by atoms with van der Waals surface area (Å²) in [7, 11) is 0. The van der Waals surface area contributed by atoms with Gasteiger partial charge in [0.05, 0.1) is 12.1 Å². The molecule has 2 heterocycles. The maximum atomic E-state index is 12.8. The Kier molecular flexibility index (Phi) is 5.92. The molecule has 0 radical (unpaired) electrons. The average Bonchev–Trinajstić information content (AvgIpc) is 3.11. The molecule has 0 saturated carbocycles. The second-order valence-corrected chi connectivity index (χ2v) is 7.07. The Bertz CT molecular complexity index is 784. The molecule has 1 aliphatic heterocycles. The molecule has 3 rings (SSSR count).